The van der Waals surface area contributed by atoms with E-state index in [1.54, 1.807) is 0 Å². The third kappa shape index (κ3) is 6.03. The second-order valence-corrected chi connectivity index (χ2v) is 14.1. The standard InChI is InChI=1S/C42H38N3O.Pt/c1-41(2,3)29-22-28(23-31(24-29)45-38-20-11-10-16-32(38)33-17-13-21-43-40(33)45)36-18-12-19-37(44-36)35-26-30(42(4,5)6)25-34(39(35)46)27-14-8-7-9-15-27;/h7-22,24-26,46H,1-6H3;/q-1;. The zero-order valence-corrected chi connectivity index (χ0v) is 29.8. The molecule has 0 atom stereocenters. The molecule has 0 radical (unpaired) electrons. The van der Waals surface area contributed by atoms with Crippen LogP contribution in [-0.2, 0) is 31.9 Å². The second kappa shape index (κ2) is 12.2. The van der Waals surface area contributed by atoms with Crippen molar-refractivity contribution in [3.05, 3.63) is 133 Å². The molecule has 0 aliphatic carbocycles. The average molecular weight is 796 g/mol. The first-order chi connectivity index (χ1) is 22.0. The third-order valence-corrected chi connectivity index (χ3v) is 8.76. The minimum absolute atomic E-state index is 0. The Hall–Kier alpha value is -4.53. The molecular weight excluding hydrogens is 758 g/mol. The number of benzene rings is 4. The number of phenols is 1. The van der Waals surface area contributed by atoms with Gasteiger partial charge in [-0.05, 0) is 69.7 Å². The number of fused-ring (bicyclic) bond motifs is 3. The van der Waals surface area contributed by atoms with Crippen LogP contribution in [0.5, 0.6) is 5.75 Å². The summed E-state index contributed by atoms with van der Waals surface area (Å²) in [7, 11) is 0. The molecule has 0 saturated heterocycles. The summed E-state index contributed by atoms with van der Waals surface area (Å²) in [5.74, 6) is 0.230. The van der Waals surface area contributed by atoms with E-state index in [1.165, 1.54) is 5.56 Å². The fourth-order valence-corrected chi connectivity index (χ4v) is 6.12. The second-order valence-electron chi connectivity index (χ2n) is 14.1. The Morgan fingerprint density at radius 2 is 1.28 bits per heavy atom. The van der Waals surface area contributed by atoms with Crippen LogP contribution < -0.4 is 0 Å². The first-order valence-corrected chi connectivity index (χ1v) is 15.8. The predicted molar refractivity (Wildman–Crippen MR) is 191 cm³/mol. The van der Waals surface area contributed by atoms with Crippen molar-refractivity contribution in [2.45, 2.75) is 52.4 Å². The van der Waals surface area contributed by atoms with E-state index in [-0.39, 0.29) is 37.6 Å². The van der Waals surface area contributed by atoms with Crippen molar-refractivity contribution < 1.29 is 26.2 Å². The molecule has 7 aromatic rings. The summed E-state index contributed by atoms with van der Waals surface area (Å²) in [4.78, 5) is 10.00. The Morgan fingerprint density at radius 3 is 2.02 bits per heavy atom. The van der Waals surface area contributed by atoms with Crippen LogP contribution in [0.2, 0.25) is 0 Å². The summed E-state index contributed by atoms with van der Waals surface area (Å²) in [5.41, 5.74) is 9.86. The van der Waals surface area contributed by atoms with Crippen LogP contribution in [-0.4, -0.2) is 19.6 Å². The molecule has 0 aliphatic rings. The molecule has 0 fully saturated rings. The van der Waals surface area contributed by atoms with Crippen molar-refractivity contribution in [3.8, 4) is 45.1 Å². The van der Waals surface area contributed by atoms with E-state index < -0.39 is 0 Å². The minimum atomic E-state index is -0.121. The van der Waals surface area contributed by atoms with Gasteiger partial charge in [-0.15, -0.1) is 29.3 Å². The molecule has 4 nitrogen and oxygen atoms in total. The van der Waals surface area contributed by atoms with Crippen LogP contribution in [0.1, 0.15) is 52.7 Å². The maximum atomic E-state index is 11.7. The van der Waals surface area contributed by atoms with Crippen LogP contribution in [0.15, 0.2) is 115 Å². The maximum Gasteiger partial charge on any atom is 0.144 e. The molecule has 5 heteroatoms. The molecule has 7 rings (SSSR count). The van der Waals surface area contributed by atoms with E-state index in [0.29, 0.717) is 11.3 Å². The summed E-state index contributed by atoms with van der Waals surface area (Å²) >= 11 is 0. The molecule has 238 valence electrons. The minimum Gasteiger partial charge on any atom is -0.507 e. The van der Waals surface area contributed by atoms with Gasteiger partial charge in [0.2, 0.25) is 0 Å². The first kappa shape index (κ1) is 32.4. The molecule has 0 bridgehead atoms. The number of aromatic hydroxyl groups is 1. The molecule has 3 aromatic heterocycles. The van der Waals surface area contributed by atoms with Gasteiger partial charge in [-0.3, -0.25) is 4.98 Å². The normalized spacial score (nSPS) is 12.0. The number of nitrogens with zero attached hydrogens (tertiary/aromatic N) is 3. The largest absolute Gasteiger partial charge is 0.507 e. The van der Waals surface area contributed by atoms with Gasteiger partial charge in [-0.25, -0.2) is 4.98 Å². The summed E-state index contributed by atoms with van der Waals surface area (Å²) in [6.07, 6.45) is 1.85. The van der Waals surface area contributed by atoms with Crippen molar-refractivity contribution in [3.63, 3.8) is 0 Å². The average Bonchev–Trinajstić information content (AvgIpc) is 3.39. The Labute approximate surface area is 291 Å². The molecule has 0 aliphatic heterocycles. The smallest absolute Gasteiger partial charge is 0.144 e. The van der Waals surface area contributed by atoms with E-state index in [2.05, 4.69) is 107 Å². The van der Waals surface area contributed by atoms with E-state index in [0.717, 1.165) is 55.6 Å². The van der Waals surface area contributed by atoms with E-state index in [1.807, 2.05) is 60.8 Å². The summed E-state index contributed by atoms with van der Waals surface area (Å²) in [5, 5.41) is 14.0. The number of phenolic OH excluding ortho intramolecular Hbond substituents is 1. The van der Waals surface area contributed by atoms with Crippen molar-refractivity contribution >= 4 is 21.9 Å². The Bertz CT molecular complexity index is 2180. The summed E-state index contributed by atoms with van der Waals surface area (Å²) < 4.78 is 2.21. The van der Waals surface area contributed by atoms with Gasteiger partial charge in [-0.1, -0.05) is 102 Å². The molecule has 0 amide bonds. The van der Waals surface area contributed by atoms with Gasteiger partial charge in [0.15, 0.2) is 0 Å². The zero-order chi connectivity index (χ0) is 32.2. The molecule has 0 unspecified atom stereocenters. The summed E-state index contributed by atoms with van der Waals surface area (Å²) in [6.45, 7) is 13.3. The molecule has 0 saturated carbocycles. The first-order valence-electron chi connectivity index (χ1n) is 15.8. The molecule has 47 heavy (non-hydrogen) atoms. The Balaban J connectivity index is 0.00000386. The molecule has 4 aromatic carbocycles. The monoisotopic (exact) mass is 795 g/mol. The van der Waals surface area contributed by atoms with Crippen molar-refractivity contribution in [2.24, 2.45) is 0 Å². The van der Waals surface area contributed by atoms with Crippen LogP contribution in [0.4, 0.5) is 0 Å². The van der Waals surface area contributed by atoms with Crippen LogP contribution in [0, 0.1) is 6.07 Å². The third-order valence-electron chi connectivity index (χ3n) is 8.76. The van der Waals surface area contributed by atoms with Gasteiger partial charge in [0.25, 0.3) is 0 Å². The van der Waals surface area contributed by atoms with Gasteiger partial charge in [-0.2, -0.15) is 0 Å². The van der Waals surface area contributed by atoms with Crippen LogP contribution >= 0.6 is 0 Å². The van der Waals surface area contributed by atoms with Gasteiger partial charge in [0, 0.05) is 49.2 Å². The quantitative estimate of drug-likeness (QED) is 0.181. The SMILES string of the molecule is CC(C)(C)c1cc(-c2cccc(-c3cc(C(C)(C)C)cc(-c4ccccc4)c3O)n2)[c-]c(-n2c3ccccc3c3cccnc32)c1.[Pt]. The fraction of sp³-hybridized carbons (Fsp3) is 0.190. The van der Waals surface area contributed by atoms with E-state index in [4.69, 9.17) is 9.97 Å². The molecule has 0 spiro atoms. The number of hydrogen-bond acceptors (Lipinski definition) is 3. The Morgan fingerprint density at radius 1 is 0.638 bits per heavy atom. The number of aromatic nitrogens is 3. The molecule has 1 N–H and O–H groups in total. The predicted octanol–water partition coefficient (Wildman–Crippen LogP) is 10.7. The zero-order valence-electron chi connectivity index (χ0n) is 27.6. The maximum absolute atomic E-state index is 11.7. The van der Waals surface area contributed by atoms with Crippen LogP contribution in [0.25, 0.3) is 61.3 Å². The van der Waals surface area contributed by atoms with Gasteiger partial charge >= 0.3 is 0 Å². The van der Waals surface area contributed by atoms with Crippen molar-refractivity contribution in [1.82, 2.24) is 14.5 Å². The van der Waals surface area contributed by atoms with E-state index >= 15 is 0 Å². The number of pyridine rings is 2. The van der Waals surface area contributed by atoms with Crippen molar-refractivity contribution in [1.29, 1.82) is 0 Å². The summed E-state index contributed by atoms with van der Waals surface area (Å²) in [6, 6.07) is 40.9. The molecular formula is C42H38N3OPt-. The molecule has 3 heterocycles. The Kier molecular flexibility index (Phi) is 8.44. The van der Waals surface area contributed by atoms with Gasteiger partial charge in [0.05, 0.1) is 11.2 Å². The number of para-hydroxylation sites is 1. The fourth-order valence-electron chi connectivity index (χ4n) is 6.12. The van der Waals surface area contributed by atoms with Gasteiger partial charge < -0.3 is 9.67 Å². The van der Waals surface area contributed by atoms with Gasteiger partial charge in [0.1, 0.15) is 11.4 Å². The van der Waals surface area contributed by atoms with Crippen LogP contribution in [0.3, 0.4) is 0 Å². The number of rotatable bonds is 4. The van der Waals surface area contributed by atoms with E-state index in [9.17, 15) is 5.11 Å². The van der Waals surface area contributed by atoms with Crippen molar-refractivity contribution in [2.75, 3.05) is 0 Å². The topological polar surface area (TPSA) is 50.9 Å². The number of hydrogen-bond donors (Lipinski definition) is 1.